The molecule has 3 aromatic rings. The molecule has 0 fully saturated rings. The van der Waals surface area contributed by atoms with E-state index in [9.17, 15) is 9.59 Å². The van der Waals surface area contributed by atoms with Crippen molar-refractivity contribution in [2.75, 3.05) is 52.0 Å². The lowest BCUT2D eigenvalue weighted by molar-refractivity contribution is 0.102. The summed E-state index contributed by atoms with van der Waals surface area (Å²) in [5.74, 6) is 2.07. The lowest BCUT2D eigenvalue weighted by Gasteiger charge is -2.16. The van der Waals surface area contributed by atoms with Gasteiger partial charge in [-0.15, -0.1) is 6.42 Å². The van der Waals surface area contributed by atoms with Gasteiger partial charge in [0.05, 0.1) is 29.6 Å². The van der Waals surface area contributed by atoms with Crippen LogP contribution in [0.2, 0.25) is 5.02 Å². The number of nitrogens with one attached hydrogen (secondary N) is 2. The van der Waals surface area contributed by atoms with E-state index < -0.39 is 11.8 Å². The summed E-state index contributed by atoms with van der Waals surface area (Å²) in [5.41, 5.74) is 1.94. The van der Waals surface area contributed by atoms with E-state index in [2.05, 4.69) is 31.5 Å². The number of hydrogen-bond acceptors (Lipinski definition) is 7. The van der Waals surface area contributed by atoms with Crippen LogP contribution in [0.5, 0.6) is 5.75 Å². The standard InChI is InChI=1S/C29H31ClN6O3/c1-6-20-16-24(29(38)33-26-13-12-23(30)19-31-26)27(25(17-20)39-5)34-28(37)22-10-8-21(9-11-22)18-32-36(4)15-7-14-35(2)3/h1,8-13,16-19H,7,14-15H2,2-5H3,(H,34,37)(H,31,33,38). The molecule has 2 N–H and O–H groups in total. The van der Waals surface area contributed by atoms with Crippen molar-refractivity contribution in [1.82, 2.24) is 14.9 Å². The molecule has 39 heavy (non-hydrogen) atoms. The van der Waals surface area contributed by atoms with Gasteiger partial charge in [-0.25, -0.2) is 4.98 Å². The van der Waals surface area contributed by atoms with Gasteiger partial charge < -0.3 is 25.3 Å². The predicted octanol–water partition coefficient (Wildman–Crippen LogP) is 4.45. The highest BCUT2D eigenvalue weighted by atomic mass is 35.5. The number of ether oxygens (including phenoxy) is 1. The zero-order valence-electron chi connectivity index (χ0n) is 22.4. The summed E-state index contributed by atoms with van der Waals surface area (Å²) in [5, 5.41) is 12.2. The molecule has 2 aromatic carbocycles. The summed E-state index contributed by atoms with van der Waals surface area (Å²) >= 11 is 5.88. The lowest BCUT2D eigenvalue weighted by atomic mass is 10.1. The molecule has 0 aliphatic heterocycles. The van der Waals surface area contributed by atoms with Crippen LogP contribution in [0.15, 0.2) is 59.8 Å². The van der Waals surface area contributed by atoms with Crippen molar-refractivity contribution in [2.45, 2.75) is 6.42 Å². The van der Waals surface area contributed by atoms with Gasteiger partial charge in [-0.05, 0) is 69.0 Å². The first-order chi connectivity index (χ1) is 18.7. The van der Waals surface area contributed by atoms with Gasteiger partial charge in [0, 0.05) is 30.9 Å². The number of anilines is 2. The third-order valence-corrected chi connectivity index (χ3v) is 5.83. The average Bonchev–Trinajstić information content (AvgIpc) is 2.93. The smallest absolute Gasteiger partial charge is 0.259 e. The average molecular weight is 547 g/mol. The van der Waals surface area contributed by atoms with E-state index in [1.54, 1.807) is 48.7 Å². The molecule has 0 saturated carbocycles. The van der Waals surface area contributed by atoms with Gasteiger partial charge in [0.15, 0.2) is 0 Å². The molecule has 10 heteroatoms. The number of hydrogen-bond donors (Lipinski definition) is 2. The van der Waals surface area contributed by atoms with Crippen LogP contribution in [0.1, 0.15) is 38.3 Å². The van der Waals surface area contributed by atoms with Crippen LogP contribution in [0, 0.1) is 12.3 Å². The number of nitrogens with zero attached hydrogens (tertiary/aromatic N) is 4. The maximum atomic E-state index is 13.2. The van der Waals surface area contributed by atoms with Gasteiger partial charge in [-0.1, -0.05) is 29.7 Å². The third-order valence-electron chi connectivity index (χ3n) is 5.60. The maximum absolute atomic E-state index is 13.2. The topological polar surface area (TPSA) is 99.2 Å². The van der Waals surface area contributed by atoms with Gasteiger partial charge in [-0.3, -0.25) is 9.59 Å². The fraction of sp³-hybridized carbons (Fsp3) is 0.241. The first-order valence-electron chi connectivity index (χ1n) is 12.1. The molecule has 0 saturated heterocycles. The highest BCUT2D eigenvalue weighted by Gasteiger charge is 2.21. The predicted molar refractivity (Wildman–Crippen MR) is 156 cm³/mol. The monoisotopic (exact) mass is 546 g/mol. The van der Waals surface area contributed by atoms with Gasteiger partial charge in [-0.2, -0.15) is 5.10 Å². The van der Waals surface area contributed by atoms with Crippen molar-refractivity contribution in [3.05, 3.63) is 82.0 Å². The van der Waals surface area contributed by atoms with E-state index in [1.165, 1.54) is 19.4 Å². The molecule has 1 heterocycles. The Morgan fingerprint density at radius 3 is 2.44 bits per heavy atom. The SMILES string of the molecule is C#Cc1cc(OC)c(NC(=O)c2ccc(C=NN(C)CCCN(C)C)cc2)c(C(=O)Nc2ccc(Cl)cn2)c1. The van der Waals surface area contributed by atoms with Gasteiger partial charge >= 0.3 is 0 Å². The van der Waals surface area contributed by atoms with Crippen molar-refractivity contribution in [3.63, 3.8) is 0 Å². The molecule has 0 atom stereocenters. The molecule has 3 rings (SSSR count). The number of amides is 2. The first kappa shape index (κ1) is 29.2. The number of hydrazone groups is 1. The van der Waals surface area contributed by atoms with Crippen LogP contribution < -0.4 is 15.4 Å². The molecular formula is C29H31ClN6O3. The number of carbonyl (C=O) groups excluding carboxylic acids is 2. The molecule has 0 bridgehead atoms. The first-order valence-corrected chi connectivity index (χ1v) is 12.5. The van der Waals surface area contributed by atoms with Crippen LogP contribution in [0.4, 0.5) is 11.5 Å². The second-order valence-corrected chi connectivity index (χ2v) is 9.36. The molecular weight excluding hydrogens is 516 g/mol. The number of methoxy groups -OCH3 is 1. The summed E-state index contributed by atoms with van der Waals surface area (Å²) in [6.45, 7) is 1.82. The Morgan fingerprint density at radius 2 is 1.82 bits per heavy atom. The molecule has 2 amide bonds. The molecule has 0 radical (unpaired) electrons. The van der Waals surface area contributed by atoms with Crippen LogP contribution in [0.25, 0.3) is 0 Å². The molecule has 0 spiro atoms. The summed E-state index contributed by atoms with van der Waals surface area (Å²) in [7, 11) is 7.43. The molecule has 1 aromatic heterocycles. The molecule has 0 aliphatic carbocycles. The van der Waals surface area contributed by atoms with Crippen molar-refractivity contribution in [1.29, 1.82) is 0 Å². The lowest BCUT2D eigenvalue weighted by Crippen LogP contribution is -2.20. The Hall–Kier alpha value is -4.39. The quantitative estimate of drug-likeness (QED) is 0.209. The van der Waals surface area contributed by atoms with Crippen LogP contribution in [0.3, 0.4) is 0 Å². The number of halogens is 1. The van der Waals surface area contributed by atoms with Crippen molar-refractivity contribution in [3.8, 4) is 18.1 Å². The van der Waals surface area contributed by atoms with E-state index in [0.717, 1.165) is 25.1 Å². The molecule has 9 nitrogen and oxygen atoms in total. The Morgan fingerprint density at radius 1 is 1.08 bits per heavy atom. The van der Waals surface area contributed by atoms with Crippen molar-refractivity contribution < 1.29 is 14.3 Å². The van der Waals surface area contributed by atoms with E-state index in [4.69, 9.17) is 22.8 Å². The molecule has 202 valence electrons. The van der Waals surface area contributed by atoms with Crippen LogP contribution in [-0.2, 0) is 0 Å². The summed E-state index contributed by atoms with van der Waals surface area (Å²) in [6.07, 6.45) is 9.74. The Kier molecular flexibility index (Phi) is 10.4. The van der Waals surface area contributed by atoms with Crippen LogP contribution in [-0.4, -0.2) is 74.3 Å². The highest BCUT2D eigenvalue weighted by Crippen LogP contribution is 2.31. The van der Waals surface area contributed by atoms with Gasteiger partial charge in [0.2, 0.25) is 0 Å². The summed E-state index contributed by atoms with van der Waals surface area (Å²) in [6, 6.07) is 13.2. The van der Waals surface area contributed by atoms with E-state index in [-0.39, 0.29) is 22.8 Å². The van der Waals surface area contributed by atoms with E-state index in [0.29, 0.717) is 16.1 Å². The number of terminal acetylenes is 1. The Bertz CT molecular complexity index is 1370. The van der Waals surface area contributed by atoms with Crippen molar-refractivity contribution >= 4 is 41.1 Å². The third kappa shape index (κ3) is 8.57. The van der Waals surface area contributed by atoms with Crippen LogP contribution >= 0.6 is 11.6 Å². The minimum absolute atomic E-state index is 0.119. The van der Waals surface area contributed by atoms with E-state index in [1.807, 2.05) is 26.2 Å². The zero-order chi connectivity index (χ0) is 28.4. The maximum Gasteiger partial charge on any atom is 0.259 e. The zero-order valence-corrected chi connectivity index (χ0v) is 23.1. The minimum Gasteiger partial charge on any atom is -0.495 e. The minimum atomic E-state index is -0.531. The number of benzene rings is 2. The van der Waals surface area contributed by atoms with Gasteiger partial charge in [0.1, 0.15) is 11.6 Å². The normalized spacial score (nSPS) is 10.8. The second-order valence-electron chi connectivity index (χ2n) is 8.92. The second kappa shape index (κ2) is 14.0. The molecule has 0 aliphatic rings. The van der Waals surface area contributed by atoms with Gasteiger partial charge in [0.25, 0.3) is 11.8 Å². The fourth-order valence-corrected chi connectivity index (χ4v) is 3.66. The largest absolute Gasteiger partial charge is 0.495 e. The number of pyridine rings is 1. The number of carbonyl (C=O) groups is 2. The number of rotatable bonds is 11. The summed E-state index contributed by atoms with van der Waals surface area (Å²) in [4.78, 5) is 32.5. The van der Waals surface area contributed by atoms with Crippen molar-refractivity contribution in [2.24, 2.45) is 5.10 Å². The fourth-order valence-electron chi connectivity index (χ4n) is 3.55. The molecule has 0 unspecified atom stereocenters. The summed E-state index contributed by atoms with van der Waals surface area (Å²) < 4.78 is 5.45. The highest BCUT2D eigenvalue weighted by molar-refractivity contribution is 6.30. The number of aromatic nitrogens is 1. The van der Waals surface area contributed by atoms with E-state index >= 15 is 0 Å². The Labute approximate surface area is 233 Å². The Balaban J connectivity index is 1.77.